The van der Waals surface area contributed by atoms with E-state index in [9.17, 15) is 18.4 Å². The summed E-state index contributed by atoms with van der Waals surface area (Å²) in [5.74, 6) is -0.712. The summed E-state index contributed by atoms with van der Waals surface area (Å²) in [5, 5.41) is 2.34. The predicted octanol–water partition coefficient (Wildman–Crippen LogP) is 4.24. The lowest BCUT2D eigenvalue weighted by Crippen LogP contribution is -2.17. The number of aromatic amines is 1. The first-order valence-electron chi connectivity index (χ1n) is 7.56. The lowest BCUT2D eigenvalue weighted by Gasteiger charge is -2.10. The Balaban J connectivity index is 2.07. The zero-order chi connectivity index (χ0) is 19.7. The average Bonchev–Trinajstić information content (AvgIpc) is 3.06. The van der Waals surface area contributed by atoms with Crippen molar-refractivity contribution in [3.05, 3.63) is 50.2 Å². The van der Waals surface area contributed by atoms with Crippen LogP contribution in [0.25, 0.3) is 11.0 Å². The van der Waals surface area contributed by atoms with E-state index in [1.165, 1.54) is 12.3 Å². The number of carbonyl (C=O) groups excluding carboxylic acids is 1. The van der Waals surface area contributed by atoms with Gasteiger partial charge in [0.15, 0.2) is 5.58 Å². The molecule has 0 fully saturated rings. The molecule has 3 aromatic heterocycles. The molecule has 27 heavy (non-hydrogen) atoms. The Morgan fingerprint density at radius 2 is 2.19 bits per heavy atom. The molecule has 0 aromatic carbocycles. The first-order chi connectivity index (χ1) is 12.8. The molecule has 7 nitrogen and oxygen atoms in total. The molecule has 0 saturated heterocycles. The number of aromatic nitrogens is 2. The van der Waals surface area contributed by atoms with Gasteiger partial charge in [0, 0.05) is 24.2 Å². The molecule has 3 aromatic rings. The maximum atomic E-state index is 12.7. The summed E-state index contributed by atoms with van der Waals surface area (Å²) in [5.41, 5.74) is -0.824. The first kappa shape index (κ1) is 19.1. The molecular formula is C16H11Cl2F2N3O4. The first-order valence-corrected chi connectivity index (χ1v) is 8.31. The number of alkyl halides is 2. The van der Waals surface area contributed by atoms with Crippen molar-refractivity contribution >= 4 is 45.8 Å². The summed E-state index contributed by atoms with van der Waals surface area (Å²) in [6.07, 6.45) is 2.68. The summed E-state index contributed by atoms with van der Waals surface area (Å²) in [4.78, 5) is 30.3. The fraction of sp³-hybridized carbons (Fsp3) is 0.188. The number of amides is 1. The number of hydrogen-bond donors (Lipinski definition) is 2. The van der Waals surface area contributed by atoms with E-state index >= 15 is 0 Å². The highest BCUT2D eigenvalue weighted by molar-refractivity contribution is 6.39. The number of nitrogens with one attached hydrogen (secondary N) is 2. The summed E-state index contributed by atoms with van der Waals surface area (Å²) in [6, 6.07) is 1.52. The minimum absolute atomic E-state index is 0.00230. The molecule has 142 valence electrons. The maximum absolute atomic E-state index is 12.7. The van der Waals surface area contributed by atoms with Crippen LogP contribution in [0.3, 0.4) is 0 Å². The van der Waals surface area contributed by atoms with Gasteiger partial charge in [0.05, 0.1) is 16.3 Å². The van der Waals surface area contributed by atoms with Crippen molar-refractivity contribution in [1.29, 1.82) is 0 Å². The van der Waals surface area contributed by atoms with E-state index in [1.54, 1.807) is 6.92 Å². The summed E-state index contributed by atoms with van der Waals surface area (Å²) >= 11 is 11.8. The number of halogens is 4. The van der Waals surface area contributed by atoms with E-state index < -0.39 is 24.0 Å². The molecule has 0 aliphatic heterocycles. The van der Waals surface area contributed by atoms with Gasteiger partial charge in [-0.1, -0.05) is 30.1 Å². The van der Waals surface area contributed by atoms with Crippen LogP contribution >= 0.6 is 23.2 Å². The van der Waals surface area contributed by atoms with Gasteiger partial charge in [-0.25, -0.2) is 4.98 Å². The van der Waals surface area contributed by atoms with Gasteiger partial charge in [0.25, 0.3) is 17.3 Å². The lowest BCUT2D eigenvalue weighted by atomic mass is 10.1. The zero-order valence-electron chi connectivity index (χ0n) is 13.6. The molecule has 1 amide bonds. The molecule has 0 bridgehead atoms. The molecule has 3 heterocycles. The van der Waals surface area contributed by atoms with Gasteiger partial charge < -0.3 is 19.5 Å². The number of nitrogens with zero attached hydrogens (tertiary/aromatic N) is 1. The number of furan rings is 1. The molecule has 11 heteroatoms. The van der Waals surface area contributed by atoms with Crippen molar-refractivity contribution < 1.29 is 22.7 Å². The number of hydrogen-bond acceptors (Lipinski definition) is 5. The largest absolute Gasteiger partial charge is 0.455 e. The second kappa shape index (κ2) is 7.53. The molecule has 0 spiro atoms. The van der Waals surface area contributed by atoms with Gasteiger partial charge in [-0.2, -0.15) is 8.78 Å². The van der Waals surface area contributed by atoms with E-state index in [1.807, 2.05) is 0 Å². The Hall–Kier alpha value is -2.65. The van der Waals surface area contributed by atoms with Crippen LogP contribution in [0.5, 0.6) is 5.88 Å². The zero-order valence-corrected chi connectivity index (χ0v) is 15.1. The minimum Gasteiger partial charge on any atom is -0.455 e. The second-order valence-electron chi connectivity index (χ2n) is 5.27. The molecule has 0 aliphatic carbocycles. The van der Waals surface area contributed by atoms with Gasteiger partial charge in [-0.3, -0.25) is 9.59 Å². The SMILES string of the molecule is CCc1cc2c(C(=O)Nc3c(Cl)c[nH]c(=O)c3Cl)cnc(OC(F)F)c2o1. The van der Waals surface area contributed by atoms with Crippen molar-refractivity contribution in [2.75, 3.05) is 5.32 Å². The van der Waals surface area contributed by atoms with Crippen molar-refractivity contribution in [3.8, 4) is 5.88 Å². The molecular weight excluding hydrogens is 407 g/mol. The van der Waals surface area contributed by atoms with Gasteiger partial charge in [-0.05, 0) is 6.07 Å². The maximum Gasteiger partial charge on any atom is 0.388 e. The van der Waals surface area contributed by atoms with Crippen LogP contribution in [0.15, 0.2) is 27.7 Å². The standard InChI is InChI=1S/C16H11Cl2F2N3O4/c1-2-6-3-7-8(4-22-15(12(7)26-6)27-16(19)20)13(24)23-11-9(17)5-21-14(25)10(11)18/h3-5,16H,2H2,1H3,(H2,21,23,24,25). The highest BCUT2D eigenvalue weighted by Gasteiger charge is 2.22. The Kier molecular flexibility index (Phi) is 5.33. The number of H-pyrrole nitrogens is 1. The Morgan fingerprint density at radius 3 is 2.85 bits per heavy atom. The third-order valence-electron chi connectivity index (χ3n) is 3.60. The van der Waals surface area contributed by atoms with Gasteiger partial charge in [-0.15, -0.1) is 0 Å². The highest BCUT2D eigenvalue weighted by atomic mass is 35.5. The number of fused-ring (bicyclic) bond motifs is 1. The van der Waals surface area contributed by atoms with E-state index in [2.05, 4.69) is 20.0 Å². The predicted molar refractivity (Wildman–Crippen MR) is 95.1 cm³/mol. The Morgan fingerprint density at radius 1 is 1.44 bits per heavy atom. The minimum atomic E-state index is -3.11. The Labute approximate surface area is 160 Å². The van der Waals surface area contributed by atoms with E-state index in [-0.39, 0.29) is 32.3 Å². The van der Waals surface area contributed by atoms with Crippen molar-refractivity contribution in [2.24, 2.45) is 0 Å². The van der Waals surface area contributed by atoms with Crippen LogP contribution in [-0.2, 0) is 6.42 Å². The number of carbonyl (C=O) groups is 1. The van der Waals surface area contributed by atoms with Crippen LogP contribution < -0.4 is 15.6 Å². The summed E-state index contributed by atoms with van der Waals surface area (Å²) in [7, 11) is 0. The molecule has 0 atom stereocenters. The van der Waals surface area contributed by atoms with E-state index in [4.69, 9.17) is 27.6 Å². The summed E-state index contributed by atoms with van der Waals surface area (Å²) < 4.78 is 34.9. The second-order valence-corrected chi connectivity index (χ2v) is 6.06. The number of anilines is 1. The van der Waals surface area contributed by atoms with Crippen molar-refractivity contribution in [3.63, 3.8) is 0 Å². The third-order valence-corrected chi connectivity index (χ3v) is 4.26. The lowest BCUT2D eigenvalue weighted by molar-refractivity contribution is -0.0523. The van der Waals surface area contributed by atoms with Crippen LogP contribution in [0.4, 0.5) is 14.5 Å². The van der Waals surface area contributed by atoms with Gasteiger partial charge >= 0.3 is 6.61 Å². The molecule has 0 unspecified atom stereocenters. The van der Waals surface area contributed by atoms with Crippen LogP contribution in [0, 0.1) is 0 Å². The molecule has 0 radical (unpaired) electrons. The van der Waals surface area contributed by atoms with E-state index in [0.29, 0.717) is 12.2 Å². The third kappa shape index (κ3) is 3.74. The van der Waals surface area contributed by atoms with Gasteiger partial charge in [0.1, 0.15) is 10.8 Å². The fourth-order valence-electron chi connectivity index (χ4n) is 2.35. The normalized spacial score (nSPS) is 11.2. The topological polar surface area (TPSA) is 97.2 Å². The fourth-order valence-corrected chi connectivity index (χ4v) is 2.80. The molecule has 0 saturated carbocycles. The van der Waals surface area contributed by atoms with E-state index in [0.717, 1.165) is 6.20 Å². The number of rotatable bonds is 5. The van der Waals surface area contributed by atoms with Crippen molar-refractivity contribution in [1.82, 2.24) is 9.97 Å². The quantitative estimate of drug-likeness (QED) is 0.646. The monoisotopic (exact) mass is 417 g/mol. The molecule has 2 N–H and O–H groups in total. The van der Waals surface area contributed by atoms with Crippen LogP contribution in [0.1, 0.15) is 23.0 Å². The van der Waals surface area contributed by atoms with Gasteiger partial charge in [0.2, 0.25) is 0 Å². The smallest absolute Gasteiger partial charge is 0.388 e. The molecule has 3 rings (SSSR count). The number of ether oxygens (including phenoxy) is 1. The summed E-state index contributed by atoms with van der Waals surface area (Å²) in [6.45, 7) is -1.32. The van der Waals surface area contributed by atoms with Crippen molar-refractivity contribution in [2.45, 2.75) is 20.0 Å². The number of pyridine rings is 2. The highest BCUT2D eigenvalue weighted by Crippen LogP contribution is 2.32. The Bertz CT molecular complexity index is 1080. The molecule has 0 aliphatic rings. The average molecular weight is 418 g/mol. The van der Waals surface area contributed by atoms with Crippen LogP contribution in [0.2, 0.25) is 10.0 Å². The van der Waals surface area contributed by atoms with Crippen LogP contribution in [-0.4, -0.2) is 22.5 Å². The number of aryl methyl sites for hydroxylation is 1.